The number of aromatic nitrogens is 2. The van der Waals surface area contributed by atoms with Crippen molar-refractivity contribution in [3.05, 3.63) is 29.5 Å². The van der Waals surface area contributed by atoms with Crippen LogP contribution in [0.15, 0.2) is 12.4 Å². The lowest BCUT2D eigenvalue weighted by molar-refractivity contribution is 0.379. The van der Waals surface area contributed by atoms with E-state index in [1.165, 1.54) is 7.11 Å². The highest BCUT2D eigenvalue weighted by Gasteiger charge is 2.17. The van der Waals surface area contributed by atoms with Crippen molar-refractivity contribution in [1.29, 1.82) is 0 Å². The summed E-state index contributed by atoms with van der Waals surface area (Å²) in [6.45, 7) is 5.85. The number of aryl methyl sites for hydroxylation is 1. The highest BCUT2D eigenvalue weighted by atomic mass is 19.1. The molecule has 3 nitrogen and oxygen atoms in total. The molecule has 2 aromatic rings. The molecular formula is C12H15FN2O. The SMILES string of the molecule is COc1c(C(C)C)cn2cc(C)nc2c1F. The number of imidazole rings is 1. The molecule has 0 saturated heterocycles. The van der Waals surface area contributed by atoms with Gasteiger partial charge in [-0.25, -0.2) is 4.98 Å². The first-order chi connectivity index (χ1) is 7.54. The number of ether oxygens (including phenoxy) is 1. The van der Waals surface area contributed by atoms with Crippen molar-refractivity contribution in [2.24, 2.45) is 0 Å². The summed E-state index contributed by atoms with van der Waals surface area (Å²) in [4.78, 5) is 4.13. The molecule has 0 aliphatic heterocycles. The number of methoxy groups -OCH3 is 1. The van der Waals surface area contributed by atoms with Gasteiger partial charge in [0, 0.05) is 18.0 Å². The molecular weight excluding hydrogens is 207 g/mol. The van der Waals surface area contributed by atoms with Gasteiger partial charge in [-0.1, -0.05) is 13.8 Å². The molecule has 0 spiro atoms. The first-order valence-electron chi connectivity index (χ1n) is 5.26. The second kappa shape index (κ2) is 3.77. The fraction of sp³-hybridized carbons (Fsp3) is 0.417. The predicted molar refractivity (Wildman–Crippen MR) is 60.5 cm³/mol. The van der Waals surface area contributed by atoms with Crippen molar-refractivity contribution >= 4 is 5.65 Å². The summed E-state index contributed by atoms with van der Waals surface area (Å²) in [6.07, 6.45) is 3.69. The normalized spacial score (nSPS) is 11.4. The van der Waals surface area contributed by atoms with Crippen molar-refractivity contribution in [1.82, 2.24) is 9.38 Å². The molecule has 0 amide bonds. The smallest absolute Gasteiger partial charge is 0.208 e. The van der Waals surface area contributed by atoms with Gasteiger partial charge in [0.2, 0.25) is 5.82 Å². The van der Waals surface area contributed by atoms with Crippen LogP contribution < -0.4 is 4.74 Å². The molecule has 0 fully saturated rings. The molecule has 0 aliphatic rings. The Hall–Kier alpha value is -1.58. The highest BCUT2D eigenvalue weighted by Crippen LogP contribution is 2.31. The van der Waals surface area contributed by atoms with E-state index in [2.05, 4.69) is 4.98 Å². The molecule has 0 radical (unpaired) electrons. The van der Waals surface area contributed by atoms with Gasteiger partial charge >= 0.3 is 0 Å². The molecule has 0 aliphatic carbocycles. The third-order valence-corrected chi connectivity index (χ3v) is 2.61. The van der Waals surface area contributed by atoms with Crippen LogP contribution in [-0.2, 0) is 0 Å². The number of rotatable bonds is 2. The fourth-order valence-electron chi connectivity index (χ4n) is 1.83. The fourth-order valence-corrected chi connectivity index (χ4v) is 1.83. The standard InChI is InChI=1S/C12H15FN2O/c1-7(2)9-6-15-5-8(3)14-12(15)10(13)11(9)16-4/h5-7H,1-4H3. The molecule has 4 heteroatoms. The molecule has 2 rings (SSSR count). The van der Waals surface area contributed by atoms with Crippen molar-refractivity contribution < 1.29 is 9.13 Å². The molecule has 0 unspecified atom stereocenters. The summed E-state index contributed by atoms with van der Waals surface area (Å²) in [5.74, 6) is 0.117. The average molecular weight is 222 g/mol. The van der Waals surface area contributed by atoms with E-state index in [0.29, 0.717) is 11.4 Å². The number of pyridine rings is 1. The van der Waals surface area contributed by atoms with Crippen molar-refractivity contribution in [3.63, 3.8) is 0 Å². The molecule has 16 heavy (non-hydrogen) atoms. The van der Waals surface area contributed by atoms with Gasteiger partial charge in [-0.3, -0.25) is 0 Å². The Morgan fingerprint density at radius 2 is 2.06 bits per heavy atom. The van der Waals surface area contributed by atoms with E-state index in [1.54, 1.807) is 4.40 Å². The van der Waals surface area contributed by atoms with Gasteiger partial charge in [-0.15, -0.1) is 0 Å². The summed E-state index contributed by atoms with van der Waals surface area (Å²) in [7, 11) is 1.48. The maximum absolute atomic E-state index is 14.1. The quantitative estimate of drug-likeness (QED) is 0.781. The van der Waals surface area contributed by atoms with E-state index in [-0.39, 0.29) is 11.7 Å². The zero-order valence-electron chi connectivity index (χ0n) is 9.91. The molecule has 0 aromatic carbocycles. The Bertz CT molecular complexity index is 531. The van der Waals surface area contributed by atoms with Crippen LogP contribution in [0.2, 0.25) is 0 Å². The Labute approximate surface area is 93.9 Å². The Balaban J connectivity index is 2.80. The van der Waals surface area contributed by atoms with Crippen LogP contribution in [-0.4, -0.2) is 16.5 Å². The monoisotopic (exact) mass is 222 g/mol. The number of hydrogen-bond donors (Lipinski definition) is 0. The summed E-state index contributed by atoms with van der Waals surface area (Å²) >= 11 is 0. The molecule has 0 bridgehead atoms. The second-order valence-electron chi connectivity index (χ2n) is 4.20. The lowest BCUT2D eigenvalue weighted by Gasteiger charge is -2.13. The lowest BCUT2D eigenvalue weighted by atomic mass is 10.0. The van der Waals surface area contributed by atoms with Crippen LogP contribution in [0.25, 0.3) is 5.65 Å². The van der Waals surface area contributed by atoms with E-state index in [9.17, 15) is 4.39 Å². The van der Waals surface area contributed by atoms with Gasteiger partial charge in [0.25, 0.3) is 0 Å². The van der Waals surface area contributed by atoms with E-state index in [1.807, 2.05) is 33.2 Å². The highest BCUT2D eigenvalue weighted by molar-refractivity contribution is 5.52. The topological polar surface area (TPSA) is 26.5 Å². The molecule has 0 atom stereocenters. The first kappa shape index (κ1) is 10.9. The molecule has 86 valence electrons. The largest absolute Gasteiger partial charge is 0.493 e. The number of nitrogens with zero attached hydrogens (tertiary/aromatic N) is 2. The van der Waals surface area contributed by atoms with Gasteiger partial charge in [0.05, 0.1) is 12.8 Å². The van der Waals surface area contributed by atoms with Crippen LogP contribution in [0.5, 0.6) is 5.75 Å². The lowest BCUT2D eigenvalue weighted by Crippen LogP contribution is -2.01. The molecule has 0 saturated carbocycles. The second-order valence-corrected chi connectivity index (χ2v) is 4.20. The summed E-state index contributed by atoms with van der Waals surface area (Å²) in [6, 6.07) is 0. The van der Waals surface area contributed by atoms with Crippen LogP contribution >= 0.6 is 0 Å². The molecule has 0 N–H and O–H groups in total. The molecule has 2 aromatic heterocycles. The predicted octanol–water partition coefficient (Wildman–Crippen LogP) is 2.91. The van der Waals surface area contributed by atoms with E-state index < -0.39 is 0 Å². The van der Waals surface area contributed by atoms with Gasteiger partial charge in [-0.2, -0.15) is 4.39 Å². The first-order valence-corrected chi connectivity index (χ1v) is 5.26. The maximum atomic E-state index is 14.1. The number of halogens is 1. The Morgan fingerprint density at radius 3 is 2.62 bits per heavy atom. The number of hydrogen-bond acceptors (Lipinski definition) is 2. The Morgan fingerprint density at radius 1 is 1.38 bits per heavy atom. The van der Waals surface area contributed by atoms with Gasteiger partial charge < -0.3 is 9.14 Å². The average Bonchev–Trinajstić information content (AvgIpc) is 2.58. The minimum Gasteiger partial charge on any atom is -0.493 e. The maximum Gasteiger partial charge on any atom is 0.208 e. The minimum absolute atomic E-state index is 0.205. The molecule has 2 heterocycles. The number of fused-ring (bicyclic) bond motifs is 1. The van der Waals surface area contributed by atoms with Gasteiger partial charge in [0.15, 0.2) is 11.4 Å². The van der Waals surface area contributed by atoms with Crippen LogP contribution in [0.4, 0.5) is 4.39 Å². The summed E-state index contributed by atoms with van der Waals surface area (Å²) in [5, 5.41) is 0. The van der Waals surface area contributed by atoms with Crippen molar-refractivity contribution in [3.8, 4) is 5.75 Å². The van der Waals surface area contributed by atoms with Gasteiger partial charge in [0.1, 0.15) is 0 Å². The minimum atomic E-state index is -0.387. The van der Waals surface area contributed by atoms with Crippen LogP contribution in [0.3, 0.4) is 0 Å². The van der Waals surface area contributed by atoms with E-state index >= 15 is 0 Å². The zero-order valence-corrected chi connectivity index (χ0v) is 9.91. The van der Waals surface area contributed by atoms with Gasteiger partial charge in [-0.05, 0) is 12.8 Å². The third kappa shape index (κ3) is 1.54. The zero-order chi connectivity index (χ0) is 11.9. The van der Waals surface area contributed by atoms with Crippen molar-refractivity contribution in [2.45, 2.75) is 26.7 Å². The Kier molecular flexibility index (Phi) is 2.58. The van der Waals surface area contributed by atoms with Crippen LogP contribution in [0.1, 0.15) is 31.0 Å². The van der Waals surface area contributed by atoms with E-state index in [4.69, 9.17) is 4.74 Å². The van der Waals surface area contributed by atoms with E-state index in [0.717, 1.165) is 11.3 Å². The van der Waals surface area contributed by atoms with Crippen molar-refractivity contribution in [2.75, 3.05) is 7.11 Å². The summed E-state index contributed by atoms with van der Waals surface area (Å²) in [5.41, 5.74) is 1.96. The summed E-state index contributed by atoms with van der Waals surface area (Å²) < 4.78 is 20.9. The van der Waals surface area contributed by atoms with Crippen LogP contribution in [0, 0.1) is 12.7 Å². The third-order valence-electron chi connectivity index (χ3n) is 2.61.